The number of carbonyl (C=O) groups excluding carboxylic acids is 1. The molecule has 0 unspecified atom stereocenters. The van der Waals surface area contributed by atoms with Crippen molar-refractivity contribution in [1.29, 1.82) is 0 Å². The molecule has 0 saturated carbocycles. The van der Waals surface area contributed by atoms with Crippen LogP contribution in [0.15, 0.2) is 36.4 Å². The molecule has 0 aliphatic rings. The molecular formula is C16H17N3O6. The fraction of sp³-hybridized carbons (Fsp3) is 0.188. The van der Waals surface area contributed by atoms with Crippen molar-refractivity contribution in [2.24, 2.45) is 0 Å². The molecule has 9 heteroatoms. The van der Waals surface area contributed by atoms with E-state index in [1.165, 1.54) is 39.5 Å². The van der Waals surface area contributed by atoms with E-state index in [-0.39, 0.29) is 11.4 Å². The summed E-state index contributed by atoms with van der Waals surface area (Å²) < 4.78 is 15.4. The van der Waals surface area contributed by atoms with E-state index < -0.39 is 11.0 Å². The molecule has 0 aliphatic carbocycles. The molecule has 0 atom stereocenters. The van der Waals surface area contributed by atoms with Gasteiger partial charge in [-0.2, -0.15) is 0 Å². The molecule has 2 aromatic rings. The van der Waals surface area contributed by atoms with Crippen LogP contribution in [0.3, 0.4) is 0 Å². The standard InChI is InChI=1S/C16H17N3O6/c1-23-11-5-7-15(25-3)13(9-11)18-16(20)17-12-8-10(19(21)22)4-6-14(12)24-2/h4-9H,1-3H3,(H2,17,18,20). The monoisotopic (exact) mass is 347 g/mol. The summed E-state index contributed by atoms with van der Waals surface area (Å²) in [7, 11) is 4.36. The van der Waals surface area contributed by atoms with Gasteiger partial charge in [0.05, 0.1) is 37.6 Å². The normalized spacial score (nSPS) is 9.88. The van der Waals surface area contributed by atoms with Crippen molar-refractivity contribution in [3.05, 3.63) is 46.5 Å². The van der Waals surface area contributed by atoms with Crippen LogP contribution in [-0.4, -0.2) is 32.3 Å². The van der Waals surface area contributed by atoms with Crippen LogP contribution in [0.5, 0.6) is 17.2 Å². The van der Waals surface area contributed by atoms with Crippen molar-refractivity contribution in [3.8, 4) is 17.2 Å². The molecule has 0 bridgehead atoms. The molecule has 0 radical (unpaired) electrons. The van der Waals surface area contributed by atoms with E-state index in [1.807, 2.05) is 0 Å². The van der Waals surface area contributed by atoms with Gasteiger partial charge in [0.15, 0.2) is 0 Å². The van der Waals surface area contributed by atoms with E-state index in [4.69, 9.17) is 14.2 Å². The van der Waals surface area contributed by atoms with Crippen LogP contribution in [0.2, 0.25) is 0 Å². The number of hydrogen-bond acceptors (Lipinski definition) is 6. The highest BCUT2D eigenvalue weighted by atomic mass is 16.6. The molecule has 2 N–H and O–H groups in total. The van der Waals surface area contributed by atoms with Crippen LogP contribution in [0.25, 0.3) is 0 Å². The lowest BCUT2D eigenvalue weighted by molar-refractivity contribution is -0.384. The number of carbonyl (C=O) groups is 1. The first-order valence-corrected chi connectivity index (χ1v) is 7.11. The summed E-state index contributed by atoms with van der Waals surface area (Å²) >= 11 is 0. The molecule has 0 aromatic heterocycles. The van der Waals surface area contributed by atoms with Gasteiger partial charge in [-0.1, -0.05) is 0 Å². The maximum absolute atomic E-state index is 12.3. The van der Waals surface area contributed by atoms with E-state index in [0.29, 0.717) is 22.9 Å². The Morgan fingerprint density at radius 2 is 1.48 bits per heavy atom. The maximum Gasteiger partial charge on any atom is 0.323 e. The van der Waals surface area contributed by atoms with Gasteiger partial charge in [0, 0.05) is 18.2 Å². The molecule has 2 rings (SSSR count). The maximum atomic E-state index is 12.3. The Balaban J connectivity index is 2.23. The van der Waals surface area contributed by atoms with Crippen LogP contribution >= 0.6 is 0 Å². The molecular weight excluding hydrogens is 330 g/mol. The van der Waals surface area contributed by atoms with Gasteiger partial charge in [-0.25, -0.2) is 4.79 Å². The highest BCUT2D eigenvalue weighted by molar-refractivity contribution is 6.01. The van der Waals surface area contributed by atoms with Gasteiger partial charge in [0.25, 0.3) is 5.69 Å². The highest BCUT2D eigenvalue weighted by Gasteiger charge is 2.15. The van der Waals surface area contributed by atoms with Crippen LogP contribution in [0.4, 0.5) is 21.9 Å². The number of methoxy groups -OCH3 is 3. The molecule has 0 saturated heterocycles. The minimum atomic E-state index is -0.620. The highest BCUT2D eigenvalue weighted by Crippen LogP contribution is 2.31. The average molecular weight is 347 g/mol. The molecule has 0 heterocycles. The molecule has 2 aromatic carbocycles. The fourth-order valence-corrected chi connectivity index (χ4v) is 2.09. The van der Waals surface area contributed by atoms with Crippen molar-refractivity contribution in [3.63, 3.8) is 0 Å². The lowest BCUT2D eigenvalue weighted by atomic mass is 10.2. The summed E-state index contributed by atoms with van der Waals surface area (Å²) in [5.74, 6) is 1.25. The Morgan fingerprint density at radius 3 is 2.00 bits per heavy atom. The minimum absolute atomic E-state index is 0.163. The SMILES string of the molecule is COc1ccc(OC)c(NC(=O)Nc2cc([N+](=O)[O-])ccc2OC)c1. The molecule has 0 spiro atoms. The first kappa shape index (κ1) is 17.9. The second kappa shape index (κ2) is 7.86. The van der Waals surface area contributed by atoms with Crippen molar-refractivity contribution in [2.75, 3.05) is 32.0 Å². The summed E-state index contributed by atoms with van der Waals surface area (Å²) in [6.45, 7) is 0. The van der Waals surface area contributed by atoms with Gasteiger partial charge in [0.1, 0.15) is 17.2 Å². The molecule has 0 fully saturated rings. The van der Waals surface area contributed by atoms with Crippen molar-refractivity contribution in [2.45, 2.75) is 0 Å². The Labute approximate surface area is 143 Å². The first-order valence-electron chi connectivity index (χ1n) is 7.11. The number of hydrogen-bond donors (Lipinski definition) is 2. The predicted octanol–water partition coefficient (Wildman–Crippen LogP) is 3.26. The smallest absolute Gasteiger partial charge is 0.323 e. The number of nitro groups is 1. The van der Waals surface area contributed by atoms with Crippen LogP contribution < -0.4 is 24.8 Å². The quantitative estimate of drug-likeness (QED) is 0.613. The van der Waals surface area contributed by atoms with Crippen molar-refractivity contribution >= 4 is 23.1 Å². The van der Waals surface area contributed by atoms with Crippen LogP contribution in [0, 0.1) is 10.1 Å². The molecule has 132 valence electrons. The van der Waals surface area contributed by atoms with E-state index in [0.717, 1.165) is 0 Å². The zero-order valence-corrected chi connectivity index (χ0v) is 13.9. The second-order valence-corrected chi connectivity index (χ2v) is 4.79. The number of benzene rings is 2. The zero-order valence-electron chi connectivity index (χ0n) is 13.9. The average Bonchev–Trinajstić information content (AvgIpc) is 2.61. The number of nitro benzene ring substituents is 1. The number of anilines is 2. The van der Waals surface area contributed by atoms with Crippen molar-refractivity contribution < 1.29 is 23.9 Å². The third-order valence-electron chi connectivity index (χ3n) is 3.30. The van der Waals surface area contributed by atoms with E-state index in [2.05, 4.69) is 10.6 Å². The molecule has 2 amide bonds. The predicted molar refractivity (Wildman–Crippen MR) is 91.8 cm³/mol. The third kappa shape index (κ3) is 4.28. The van der Waals surface area contributed by atoms with Crippen molar-refractivity contribution in [1.82, 2.24) is 0 Å². The van der Waals surface area contributed by atoms with Crippen LogP contribution in [0.1, 0.15) is 0 Å². The lowest BCUT2D eigenvalue weighted by Crippen LogP contribution is -2.20. The second-order valence-electron chi connectivity index (χ2n) is 4.79. The number of rotatable bonds is 6. The Morgan fingerprint density at radius 1 is 0.920 bits per heavy atom. The van der Waals surface area contributed by atoms with Gasteiger partial charge in [-0.15, -0.1) is 0 Å². The van der Waals surface area contributed by atoms with Crippen LogP contribution in [-0.2, 0) is 0 Å². The van der Waals surface area contributed by atoms with Gasteiger partial charge >= 0.3 is 6.03 Å². The summed E-state index contributed by atoms with van der Waals surface area (Å²) in [5, 5.41) is 16.0. The first-order chi connectivity index (χ1) is 12.0. The third-order valence-corrected chi connectivity index (χ3v) is 3.30. The fourth-order valence-electron chi connectivity index (χ4n) is 2.09. The topological polar surface area (TPSA) is 112 Å². The number of nitrogens with one attached hydrogen (secondary N) is 2. The van der Waals surface area contributed by atoms with E-state index in [1.54, 1.807) is 18.2 Å². The molecule has 0 aliphatic heterocycles. The minimum Gasteiger partial charge on any atom is -0.497 e. The lowest BCUT2D eigenvalue weighted by Gasteiger charge is -2.14. The Kier molecular flexibility index (Phi) is 5.62. The van der Waals surface area contributed by atoms with E-state index in [9.17, 15) is 14.9 Å². The largest absolute Gasteiger partial charge is 0.497 e. The van der Waals surface area contributed by atoms with Gasteiger partial charge < -0.3 is 24.8 Å². The van der Waals surface area contributed by atoms with Gasteiger partial charge in [-0.05, 0) is 18.2 Å². The number of non-ortho nitro benzene ring substituents is 1. The number of nitrogens with zero attached hydrogens (tertiary/aromatic N) is 1. The van der Waals surface area contributed by atoms with Gasteiger partial charge in [-0.3, -0.25) is 10.1 Å². The molecule has 9 nitrogen and oxygen atoms in total. The summed E-state index contributed by atoms with van der Waals surface area (Å²) in [6.07, 6.45) is 0. The summed E-state index contributed by atoms with van der Waals surface area (Å²) in [5.41, 5.74) is 0.370. The van der Waals surface area contributed by atoms with E-state index >= 15 is 0 Å². The Bertz CT molecular complexity index is 793. The summed E-state index contributed by atoms with van der Waals surface area (Å²) in [4.78, 5) is 22.6. The zero-order chi connectivity index (χ0) is 18.4. The summed E-state index contributed by atoms with van der Waals surface area (Å²) in [6, 6.07) is 8.19. The number of amides is 2. The molecule has 25 heavy (non-hydrogen) atoms. The van der Waals surface area contributed by atoms with Gasteiger partial charge in [0.2, 0.25) is 0 Å². The Hall–Kier alpha value is -3.49. The number of ether oxygens (including phenoxy) is 3. The number of urea groups is 1.